The van der Waals surface area contributed by atoms with Crippen LogP contribution in [0.2, 0.25) is 0 Å². The Morgan fingerprint density at radius 3 is 2.79 bits per heavy atom. The second-order valence-electron chi connectivity index (χ2n) is 3.26. The van der Waals surface area contributed by atoms with Crippen LogP contribution in [0.25, 0.3) is 10.1 Å². The van der Waals surface area contributed by atoms with Crippen molar-refractivity contribution in [1.29, 1.82) is 0 Å². The molecule has 0 amide bonds. The maximum absolute atomic E-state index is 9.06. The first-order chi connectivity index (χ1) is 6.74. The summed E-state index contributed by atoms with van der Waals surface area (Å²) in [6, 6.07) is 6.02. The van der Waals surface area contributed by atoms with Crippen LogP contribution >= 0.6 is 11.3 Å². The zero-order valence-corrected chi connectivity index (χ0v) is 9.02. The van der Waals surface area contributed by atoms with Gasteiger partial charge in [0.2, 0.25) is 0 Å². The Labute approximate surface area is 86.8 Å². The van der Waals surface area contributed by atoms with E-state index < -0.39 is 0 Å². The van der Waals surface area contributed by atoms with Gasteiger partial charge in [-0.2, -0.15) is 0 Å². The lowest BCUT2D eigenvalue weighted by atomic mass is 10.1. The molecule has 1 heterocycles. The standard InChI is InChI=1S/C11H12O2S/c1-7-3-8(6-12)4-9-5-10(13-2)14-11(7)9/h3-5,12H,6H2,1-2H3. The molecule has 0 spiro atoms. The van der Waals surface area contributed by atoms with Crippen LogP contribution in [0.4, 0.5) is 0 Å². The molecule has 1 aromatic carbocycles. The number of hydrogen-bond donors (Lipinski definition) is 1. The number of rotatable bonds is 2. The van der Waals surface area contributed by atoms with Gasteiger partial charge in [0.1, 0.15) is 0 Å². The van der Waals surface area contributed by atoms with Gasteiger partial charge in [-0.1, -0.05) is 17.4 Å². The number of hydrogen-bond acceptors (Lipinski definition) is 3. The first kappa shape index (κ1) is 9.49. The number of ether oxygens (including phenoxy) is 1. The molecular weight excluding hydrogens is 196 g/mol. The Morgan fingerprint density at radius 1 is 1.36 bits per heavy atom. The van der Waals surface area contributed by atoms with Crippen LogP contribution in [0.3, 0.4) is 0 Å². The van der Waals surface area contributed by atoms with Gasteiger partial charge in [-0.25, -0.2) is 0 Å². The van der Waals surface area contributed by atoms with Gasteiger partial charge in [0.15, 0.2) is 5.06 Å². The molecule has 0 saturated heterocycles. The molecule has 0 atom stereocenters. The minimum Gasteiger partial charge on any atom is -0.487 e. The molecule has 0 aliphatic rings. The molecule has 0 fully saturated rings. The Kier molecular flexibility index (Phi) is 2.44. The highest BCUT2D eigenvalue weighted by atomic mass is 32.1. The lowest BCUT2D eigenvalue weighted by Gasteiger charge is -1.99. The van der Waals surface area contributed by atoms with E-state index in [1.807, 2.05) is 18.2 Å². The zero-order valence-electron chi connectivity index (χ0n) is 8.20. The van der Waals surface area contributed by atoms with Crippen LogP contribution in [0.5, 0.6) is 5.06 Å². The predicted octanol–water partition coefficient (Wildman–Crippen LogP) is 2.71. The van der Waals surface area contributed by atoms with E-state index in [-0.39, 0.29) is 6.61 Å². The summed E-state index contributed by atoms with van der Waals surface area (Å²) in [5.41, 5.74) is 2.15. The number of aliphatic hydroxyl groups is 1. The lowest BCUT2D eigenvalue weighted by Crippen LogP contribution is -1.83. The lowest BCUT2D eigenvalue weighted by molar-refractivity contribution is 0.282. The molecule has 0 bridgehead atoms. The quantitative estimate of drug-likeness (QED) is 0.822. The minimum absolute atomic E-state index is 0.0922. The summed E-state index contributed by atoms with van der Waals surface area (Å²) in [4.78, 5) is 0. The fourth-order valence-electron chi connectivity index (χ4n) is 1.57. The average Bonchev–Trinajstić information content (AvgIpc) is 2.61. The molecule has 0 saturated carbocycles. The number of thiophene rings is 1. The van der Waals surface area contributed by atoms with E-state index in [2.05, 4.69) is 6.92 Å². The number of methoxy groups -OCH3 is 1. The van der Waals surface area contributed by atoms with Crippen molar-refractivity contribution in [3.05, 3.63) is 29.3 Å². The Morgan fingerprint density at radius 2 is 2.14 bits per heavy atom. The van der Waals surface area contributed by atoms with Crippen molar-refractivity contribution in [3.8, 4) is 5.06 Å². The van der Waals surface area contributed by atoms with Crippen LogP contribution in [0.1, 0.15) is 11.1 Å². The van der Waals surface area contributed by atoms with E-state index in [0.29, 0.717) is 0 Å². The normalized spacial score (nSPS) is 10.8. The highest BCUT2D eigenvalue weighted by molar-refractivity contribution is 7.20. The van der Waals surface area contributed by atoms with E-state index in [4.69, 9.17) is 9.84 Å². The molecule has 14 heavy (non-hydrogen) atoms. The molecule has 1 aromatic heterocycles. The zero-order chi connectivity index (χ0) is 10.1. The molecule has 2 nitrogen and oxygen atoms in total. The molecule has 3 heteroatoms. The highest BCUT2D eigenvalue weighted by Crippen LogP contribution is 2.34. The van der Waals surface area contributed by atoms with Crippen LogP contribution in [-0.2, 0) is 6.61 Å². The fraction of sp³-hybridized carbons (Fsp3) is 0.273. The molecule has 1 N–H and O–H groups in total. The van der Waals surface area contributed by atoms with Gasteiger partial charge in [-0.3, -0.25) is 0 Å². The number of aliphatic hydroxyl groups excluding tert-OH is 1. The van der Waals surface area contributed by atoms with Crippen molar-refractivity contribution in [2.75, 3.05) is 7.11 Å². The van der Waals surface area contributed by atoms with Gasteiger partial charge >= 0.3 is 0 Å². The third-order valence-corrected chi connectivity index (χ3v) is 3.47. The summed E-state index contributed by atoms with van der Waals surface area (Å²) in [7, 11) is 1.67. The van der Waals surface area contributed by atoms with Crippen LogP contribution in [-0.4, -0.2) is 12.2 Å². The van der Waals surface area contributed by atoms with Gasteiger partial charge < -0.3 is 9.84 Å². The number of aryl methyl sites for hydroxylation is 1. The highest BCUT2D eigenvalue weighted by Gasteiger charge is 2.05. The van der Waals surface area contributed by atoms with Crippen molar-refractivity contribution in [1.82, 2.24) is 0 Å². The first-order valence-corrected chi connectivity index (χ1v) is 5.24. The van der Waals surface area contributed by atoms with Crippen molar-refractivity contribution < 1.29 is 9.84 Å². The molecule has 0 radical (unpaired) electrons. The summed E-state index contributed by atoms with van der Waals surface area (Å²) in [5, 5.41) is 11.1. The molecule has 2 aromatic rings. The third-order valence-electron chi connectivity index (χ3n) is 2.22. The maximum Gasteiger partial charge on any atom is 0.174 e. The molecule has 0 aliphatic heterocycles. The van der Waals surface area contributed by atoms with E-state index in [1.54, 1.807) is 18.4 Å². The smallest absolute Gasteiger partial charge is 0.174 e. The van der Waals surface area contributed by atoms with Gasteiger partial charge in [-0.15, -0.1) is 0 Å². The second kappa shape index (κ2) is 3.59. The minimum atomic E-state index is 0.0922. The monoisotopic (exact) mass is 208 g/mol. The largest absolute Gasteiger partial charge is 0.487 e. The molecule has 2 rings (SSSR count). The first-order valence-electron chi connectivity index (χ1n) is 4.42. The van der Waals surface area contributed by atoms with Crippen molar-refractivity contribution in [2.24, 2.45) is 0 Å². The second-order valence-corrected chi connectivity index (χ2v) is 4.27. The molecule has 0 aliphatic carbocycles. The maximum atomic E-state index is 9.06. The van der Waals surface area contributed by atoms with Crippen LogP contribution < -0.4 is 4.74 Å². The Bertz CT molecular complexity index is 460. The predicted molar refractivity (Wildman–Crippen MR) is 59.0 cm³/mol. The number of benzene rings is 1. The topological polar surface area (TPSA) is 29.5 Å². The summed E-state index contributed by atoms with van der Waals surface area (Å²) >= 11 is 1.64. The SMILES string of the molecule is COc1cc2cc(CO)cc(C)c2s1. The van der Waals surface area contributed by atoms with Crippen molar-refractivity contribution in [2.45, 2.75) is 13.5 Å². The Hall–Kier alpha value is -1.06. The third kappa shape index (κ3) is 1.49. The van der Waals surface area contributed by atoms with Crippen LogP contribution in [0, 0.1) is 6.92 Å². The summed E-state index contributed by atoms with van der Waals surface area (Å²) < 4.78 is 6.42. The summed E-state index contributed by atoms with van der Waals surface area (Å²) in [6.45, 7) is 2.15. The van der Waals surface area contributed by atoms with E-state index in [9.17, 15) is 0 Å². The van der Waals surface area contributed by atoms with E-state index >= 15 is 0 Å². The van der Waals surface area contributed by atoms with E-state index in [1.165, 1.54) is 10.3 Å². The summed E-state index contributed by atoms with van der Waals surface area (Å²) in [6.07, 6.45) is 0. The number of fused-ring (bicyclic) bond motifs is 1. The molecular formula is C11H12O2S. The van der Waals surface area contributed by atoms with Crippen molar-refractivity contribution >= 4 is 21.4 Å². The van der Waals surface area contributed by atoms with E-state index in [0.717, 1.165) is 16.0 Å². The Balaban J connectivity index is 2.67. The van der Waals surface area contributed by atoms with Gasteiger partial charge in [-0.05, 0) is 35.6 Å². The average molecular weight is 208 g/mol. The summed E-state index contributed by atoms with van der Waals surface area (Å²) in [5.74, 6) is 0. The van der Waals surface area contributed by atoms with Gasteiger partial charge in [0.25, 0.3) is 0 Å². The molecule has 0 unspecified atom stereocenters. The molecule has 74 valence electrons. The van der Waals surface area contributed by atoms with Gasteiger partial charge in [0.05, 0.1) is 13.7 Å². The van der Waals surface area contributed by atoms with Crippen molar-refractivity contribution in [3.63, 3.8) is 0 Å². The van der Waals surface area contributed by atoms with Gasteiger partial charge in [0, 0.05) is 4.70 Å². The van der Waals surface area contributed by atoms with Crippen LogP contribution in [0.15, 0.2) is 18.2 Å². The fourth-order valence-corrected chi connectivity index (χ4v) is 2.50.